The molecule has 0 aliphatic rings. The van der Waals surface area contributed by atoms with Gasteiger partial charge in [0.2, 0.25) is 5.91 Å². The van der Waals surface area contributed by atoms with E-state index in [0.717, 1.165) is 71.7 Å². The van der Waals surface area contributed by atoms with Gasteiger partial charge in [-0.1, -0.05) is 37.2 Å². The van der Waals surface area contributed by atoms with E-state index in [1.807, 2.05) is 49.4 Å². The fourth-order valence-electron chi connectivity index (χ4n) is 4.26. The quantitative estimate of drug-likeness (QED) is 0.126. The molecule has 4 N–H and O–H groups in total. The van der Waals surface area contributed by atoms with Crippen molar-refractivity contribution in [2.45, 2.75) is 20.3 Å². The summed E-state index contributed by atoms with van der Waals surface area (Å²) in [5.74, 6) is 0.559. The molecule has 4 aromatic rings. The Bertz CT molecular complexity index is 1400. The van der Waals surface area contributed by atoms with Crippen LogP contribution in [0.4, 0.5) is 5.69 Å². The molecule has 0 radical (unpaired) electrons. The molecular formula is C30H34ClN5O2. The molecule has 198 valence electrons. The monoisotopic (exact) mass is 531 g/mol. The molecule has 0 saturated carbocycles. The second-order valence-electron chi connectivity index (χ2n) is 8.94. The molecule has 0 aliphatic carbocycles. The topological polar surface area (TPSA) is 91.1 Å². The lowest BCUT2D eigenvalue weighted by molar-refractivity contribution is -0.111. The number of likely N-dealkylation sites (N-methyl/N-ethyl adjacent to an activating group) is 1. The minimum absolute atomic E-state index is 0.260. The minimum Gasteiger partial charge on any atom is -0.494 e. The predicted molar refractivity (Wildman–Crippen MR) is 157 cm³/mol. The lowest BCUT2D eigenvalue weighted by Gasteiger charge is -2.12. The van der Waals surface area contributed by atoms with Crippen molar-refractivity contribution in [3.05, 3.63) is 78.0 Å². The summed E-state index contributed by atoms with van der Waals surface area (Å²) >= 11 is 6.66. The van der Waals surface area contributed by atoms with Crippen molar-refractivity contribution in [3.63, 3.8) is 0 Å². The van der Waals surface area contributed by atoms with Gasteiger partial charge in [0.1, 0.15) is 11.4 Å². The van der Waals surface area contributed by atoms with Crippen LogP contribution in [-0.2, 0) is 4.79 Å². The maximum Gasteiger partial charge on any atom is 0.247 e. The molecule has 0 fully saturated rings. The number of ether oxygens (including phenoxy) is 1. The first kappa shape index (κ1) is 27.4. The van der Waals surface area contributed by atoms with E-state index in [9.17, 15) is 4.79 Å². The second-order valence-corrected chi connectivity index (χ2v) is 9.35. The lowest BCUT2D eigenvalue weighted by atomic mass is 9.97. The van der Waals surface area contributed by atoms with Crippen LogP contribution >= 0.6 is 11.6 Å². The van der Waals surface area contributed by atoms with Gasteiger partial charge in [-0.25, -0.2) is 4.98 Å². The van der Waals surface area contributed by atoms with Gasteiger partial charge < -0.3 is 25.7 Å². The Hall–Kier alpha value is -3.65. The highest BCUT2D eigenvalue weighted by Gasteiger charge is 2.19. The number of nitrogens with one attached hydrogen (secondary N) is 4. The van der Waals surface area contributed by atoms with Crippen LogP contribution in [-0.4, -0.2) is 48.7 Å². The van der Waals surface area contributed by atoms with Crippen LogP contribution in [0.1, 0.15) is 18.9 Å². The Morgan fingerprint density at radius 3 is 2.61 bits per heavy atom. The van der Waals surface area contributed by atoms with Gasteiger partial charge in [0.05, 0.1) is 17.3 Å². The molecule has 2 aromatic heterocycles. The molecule has 2 aromatic carbocycles. The molecule has 0 spiro atoms. The number of nitrogens with zero attached hydrogens (tertiary/aromatic N) is 1. The van der Waals surface area contributed by atoms with Crippen LogP contribution in [0.3, 0.4) is 0 Å². The molecule has 38 heavy (non-hydrogen) atoms. The number of amides is 1. The van der Waals surface area contributed by atoms with Crippen LogP contribution in [0, 0.1) is 6.92 Å². The van der Waals surface area contributed by atoms with E-state index >= 15 is 0 Å². The third-order valence-corrected chi connectivity index (χ3v) is 6.57. The average Bonchev–Trinajstić information content (AvgIpc) is 3.32. The summed E-state index contributed by atoms with van der Waals surface area (Å²) in [6, 6.07) is 15.8. The number of carbonyl (C=O) groups excluding carboxylic acids is 1. The highest BCUT2D eigenvalue weighted by atomic mass is 35.5. The molecule has 7 nitrogen and oxygen atoms in total. The first-order chi connectivity index (χ1) is 18.5. The van der Waals surface area contributed by atoms with Gasteiger partial charge in [-0.3, -0.25) is 4.79 Å². The summed E-state index contributed by atoms with van der Waals surface area (Å²) in [7, 11) is 0. The Labute approximate surface area is 228 Å². The Balaban J connectivity index is 1.57. The van der Waals surface area contributed by atoms with Crippen LogP contribution in [0.5, 0.6) is 5.75 Å². The molecule has 0 atom stereocenters. The van der Waals surface area contributed by atoms with E-state index in [1.165, 1.54) is 6.08 Å². The fourth-order valence-corrected chi connectivity index (χ4v) is 4.50. The minimum atomic E-state index is -0.260. The van der Waals surface area contributed by atoms with E-state index in [-0.39, 0.29) is 5.91 Å². The van der Waals surface area contributed by atoms with Crippen molar-refractivity contribution in [2.24, 2.45) is 0 Å². The fraction of sp³-hybridized carbons (Fsp3) is 0.267. The zero-order valence-electron chi connectivity index (χ0n) is 21.9. The summed E-state index contributed by atoms with van der Waals surface area (Å²) in [6.07, 6.45) is 3.88. The van der Waals surface area contributed by atoms with Crippen molar-refractivity contribution in [1.82, 2.24) is 20.6 Å². The molecule has 1 amide bonds. The number of aryl methyl sites for hydroxylation is 1. The number of hydrogen-bond donors (Lipinski definition) is 4. The van der Waals surface area contributed by atoms with Crippen molar-refractivity contribution in [2.75, 3.05) is 38.1 Å². The first-order valence-corrected chi connectivity index (χ1v) is 13.2. The summed E-state index contributed by atoms with van der Waals surface area (Å²) in [5.41, 5.74) is 6.06. The number of pyridine rings is 1. The molecule has 0 aliphatic heterocycles. The maximum absolute atomic E-state index is 12.0. The predicted octanol–water partition coefficient (Wildman–Crippen LogP) is 5.95. The number of H-pyrrole nitrogens is 1. The number of carbonyl (C=O) groups is 1. The van der Waals surface area contributed by atoms with Crippen LogP contribution in [0.25, 0.3) is 33.4 Å². The van der Waals surface area contributed by atoms with E-state index in [4.69, 9.17) is 16.3 Å². The first-order valence-electron chi connectivity index (χ1n) is 12.9. The Kier molecular flexibility index (Phi) is 9.54. The molecule has 0 saturated heterocycles. The number of rotatable bonds is 13. The molecule has 2 heterocycles. The molecule has 0 bridgehead atoms. The summed E-state index contributed by atoms with van der Waals surface area (Å²) in [4.78, 5) is 20.0. The van der Waals surface area contributed by atoms with Gasteiger partial charge >= 0.3 is 0 Å². The lowest BCUT2D eigenvalue weighted by Crippen LogP contribution is -2.28. The van der Waals surface area contributed by atoms with Gasteiger partial charge in [-0.05, 0) is 85.6 Å². The third-order valence-electron chi connectivity index (χ3n) is 6.25. The van der Waals surface area contributed by atoms with Gasteiger partial charge in [-0.15, -0.1) is 0 Å². The summed E-state index contributed by atoms with van der Waals surface area (Å²) < 4.78 is 5.95. The van der Waals surface area contributed by atoms with Crippen LogP contribution < -0.4 is 20.7 Å². The van der Waals surface area contributed by atoms with Crippen molar-refractivity contribution in [3.8, 4) is 28.1 Å². The van der Waals surface area contributed by atoms with Gasteiger partial charge in [0.15, 0.2) is 0 Å². The zero-order valence-corrected chi connectivity index (χ0v) is 22.6. The molecule has 0 unspecified atom stereocenters. The Morgan fingerprint density at radius 1 is 1.08 bits per heavy atom. The number of benzene rings is 2. The molecular weight excluding hydrogens is 498 g/mol. The van der Waals surface area contributed by atoms with E-state index < -0.39 is 0 Å². The van der Waals surface area contributed by atoms with Crippen LogP contribution in [0.15, 0.2) is 67.4 Å². The van der Waals surface area contributed by atoms with Crippen molar-refractivity contribution in [1.29, 1.82) is 0 Å². The largest absolute Gasteiger partial charge is 0.494 e. The van der Waals surface area contributed by atoms with Gasteiger partial charge in [-0.2, -0.15) is 0 Å². The smallest absolute Gasteiger partial charge is 0.247 e. The van der Waals surface area contributed by atoms with E-state index in [1.54, 1.807) is 12.3 Å². The number of aromatic amines is 1. The summed E-state index contributed by atoms with van der Waals surface area (Å²) in [5, 5.41) is 11.0. The number of fused-ring (bicyclic) bond motifs is 1. The SMILES string of the molecule is C=CC(=O)Nc1cc(-c2c(-c3ccc(OCCCNCCNCC)cc3)[nH]c3nccc(Cl)c23)ccc1C. The van der Waals surface area contributed by atoms with E-state index in [2.05, 4.69) is 39.4 Å². The van der Waals surface area contributed by atoms with E-state index in [0.29, 0.717) is 23.0 Å². The Morgan fingerprint density at radius 2 is 1.84 bits per heavy atom. The third kappa shape index (κ3) is 6.61. The van der Waals surface area contributed by atoms with Gasteiger partial charge in [0, 0.05) is 35.9 Å². The summed E-state index contributed by atoms with van der Waals surface area (Å²) in [6.45, 7) is 12.1. The van der Waals surface area contributed by atoms with Crippen molar-refractivity contribution < 1.29 is 9.53 Å². The number of anilines is 1. The number of hydrogen-bond acceptors (Lipinski definition) is 5. The normalized spacial score (nSPS) is 11.0. The van der Waals surface area contributed by atoms with Crippen LogP contribution in [0.2, 0.25) is 5.02 Å². The highest BCUT2D eigenvalue weighted by molar-refractivity contribution is 6.36. The standard InChI is InChI=1S/C30H34ClN5O2/c1-4-26(37)35-25-19-22(8-7-20(25)3)27-28-24(31)13-15-34-30(28)36-29(27)21-9-11-23(12-10-21)38-18-6-14-33-17-16-32-5-2/h4,7-13,15,19,32-33H,1,5-6,14,16-18H2,2-3H3,(H,34,36)(H,35,37). The highest BCUT2D eigenvalue weighted by Crippen LogP contribution is 2.42. The van der Waals surface area contributed by atoms with Crippen molar-refractivity contribution >= 4 is 34.2 Å². The van der Waals surface area contributed by atoms with Gasteiger partial charge in [0.25, 0.3) is 0 Å². The maximum atomic E-state index is 12.0. The number of aromatic nitrogens is 2. The average molecular weight is 532 g/mol. The number of halogens is 1. The molecule has 8 heteroatoms. The zero-order chi connectivity index (χ0) is 26.9. The second kappa shape index (κ2) is 13.2. The molecule has 4 rings (SSSR count).